The van der Waals surface area contributed by atoms with Gasteiger partial charge in [-0.1, -0.05) is 42.5 Å². The topological polar surface area (TPSA) is 49.3 Å². The molecule has 2 N–H and O–H groups in total. The lowest BCUT2D eigenvalue weighted by atomic mass is 9.96. The molecule has 128 valence electrons. The number of aliphatic hydroxyl groups is 1. The van der Waals surface area contributed by atoms with Gasteiger partial charge in [0.1, 0.15) is 5.60 Å². The zero-order valence-electron chi connectivity index (χ0n) is 13.1. The van der Waals surface area contributed by atoms with Crippen molar-refractivity contribution >= 4 is 56.0 Å². The van der Waals surface area contributed by atoms with Crippen LogP contribution in [0.5, 0.6) is 0 Å². The summed E-state index contributed by atoms with van der Waals surface area (Å²) in [6.07, 6.45) is 0.827. The fourth-order valence-electron chi connectivity index (χ4n) is 2.15. The Labute approximate surface area is 156 Å². The van der Waals surface area contributed by atoms with Crippen molar-refractivity contribution in [3.63, 3.8) is 0 Å². The Hall–Kier alpha value is -1.04. The Morgan fingerprint density at radius 3 is 2.21 bits per heavy atom. The Kier molecular flexibility index (Phi) is 6.34. The first-order chi connectivity index (χ1) is 11.2. The van der Waals surface area contributed by atoms with Crippen molar-refractivity contribution in [2.75, 3.05) is 5.32 Å². The van der Waals surface area contributed by atoms with Crippen LogP contribution in [0.2, 0.25) is 0 Å². The molecule has 7 heteroatoms. The first-order valence-electron chi connectivity index (χ1n) is 7.43. The van der Waals surface area contributed by atoms with Crippen molar-refractivity contribution in [3.05, 3.63) is 60.2 Å². The van der Waals surface area contributed by atoms with Gasteiger partial charge in [0.05, 0.1) is 0 Å². The second kappa shape index (κ2) is 7.89. The standard InChI is InChI=1S/C17H18Cl3NO2Si/c1-17(23,16(22)21-14-5-3-2-4-6-14)12-11-13-7-9-15(10-8-13)24(18,19)20/h2-10,23H,11-12H2,1H3,(H,21,22)/t17-/m0/s1. The zero-order valence-corrected chi connectivity index (χ0v) is 16.4. The lowest BCUT2D eigenvalue weighted by Gasteiger charge is -2.22. The van der Waals surface area contributed by atoms with Gasteiger partial charge in [-0.25, -0.2) is 0 Å². The molecule has 0 aromatic heterocycles. The number of nitrogens with one attached hydrogen (secondary N) is 1. The predicted molar refractivity (Wildman–Crippen MR) is 103 cm³/mol. The van der Waals surface area contributed by atoms with Gasteiger partial charge in [-0.2, -0.15) is 0 Å². The van der Waals surface area contributed by atoms with Crippen molar-refractivity contribution in [2.45, 2.75) is 25.4 Å². The van der Waals surface area contributed by atoms with Crippen LogP contribution in [0.1, 0.15) is 18.9 Å². The summed E-state index contributed by atoms with van der Waals surface area (Å²) >= 11 is 17.9. The quantitative estimate of drug-likeness (QED) is 0.569. The van der Waals surface area contributed by atoms with Crippen molar-refractivity contribution in [1.82, 2.24) is 0 Å². The molecule has 2 aromatic rings. The number of halogens is 3. The highest BCUT2D eigenvalue weighted by Gasteiger charge is 2.30. The van der Waals surface area contributed by atoms with Crippen LogP contribution in [0, 0.1) is 0 Å². The highest BCUT2D eigenvalue weighted by molar-refractivity contribution is 7.69. The molecule has 2 rings (SSSR count). The van der Waals surface area contributed by atoms with Gasteiger partial charge in [0.2, 0.25) is 0 Å². The van der Waals surface area contributed by atoms with Crippen molar-refractivity contribution in [1.29, 1.82) is 0 Å². The number of para-hydroxylation sites is 1. The average Bonchev–Trinajstić information content (AvgIpc) is 2.53. The van der Waals surface area contributed by atoms with Gasteiger partial charge >= 0.3 is 6.00 Å². The van der Waals surface area contributed by atoms with Gasteiger partial charge in [0.15, 0.2) is 0 Å². The maximum Gasteiger partial charge on any atom is 0.372 e. The molecule has 0 aliphatic rings. The third-order valence-corrected chi connectivity index (χ3v) is 6.65. The number of anilines is 1. The summed E-state index contributed by atoms with van der Waals surface area (Å²) in [5, 5.41) is 13.8. The SMILES string of the molecule is C[C@](O)(CCc1ccc([Si](Cl)(Cl)Cl)cc1)C(=O)Nc1ccccc1. The molecule has 0 aliphatic heterocycles. The van der Waals surface area contributed by atoms with Crippen LogP contribution in [0.25, 0.3) is 0 Å². The van der Waals surface area contributed by atoms with E-state index >= 15 is 0 Å². The van der Waals surface area contributed by atoms with E-state index in [2.05, 4.69) is 5.32 Å². The Balaban J connectivity index is 1.95. The first-order valence-corrected chi connectivity index (χ1v) is 12.5. The number of benzene rings is 2. The third-order valence-electron chi connectivity index (χ3n) is 3.70. The number of hydrogen-bond donors (Lipinski definition) is 2. The van der Waals surface area contributed by atoms with Gasteiger partial charge in [0, 0.05) is 5.69 Å². The molecule has 1 atom stereocenters. The lowest BCUT2D eigenvalue weighted by Crippen LogP contribution is -2.40. The summed E-state index contributed by atoms with van der Waals surface area (Å²) in [5.74, 6) is -0.431. The van der Waals surface area contributed by atoms with Crippen LogP contribution in [0.3, 0.4) is 0 Å². The number of carbonyl (C=O) groups excluding carboxylic acids is 1. The van der Waals surface area contributed by atoms with Gasteiger partial charge < -0.3 is 10.4 Å². The maximum absolute atomic E-state index is 12.2. The fraction of sp³-hybridized carbons (Fsp3) is 0.235. The molecule has 0 fully saturated rings. The van der Waals surface area contributed by atoms with Gasteiger partial charge in [-0.15, -0.1) is 33.2 Å². The van der Waals surface area contributed by atoms with E-state index in [1.807, 2.05) is 30.3 Å². The summed E-state index contributed by atoms with van der Waals surface area (Å²) in [5.41, 5.74) is 0.146. The third kappa shape index (κ3) is 5.50. The molecule has 2 aromatic carbocycles. The number of carbonyl (C=O) groups is 1. The smallest absolute Gasteiger partial charge is 0.372 e. The molecule has 0 bridgehead atoms. The minimum Gasteiger partial charge on any atom is -0.380 e. The predicted octanol–water partition coefficient (Wildman–Crippen LogP) is 3.87. The largest absolute Gasteiger partial charge is 0.380 e. The highest BCUT2D eigenvalue weighted by Crippen LogP contribution is 2.21. The number of hydrogen-bond acceptors (Lipinski definition) is 2. The second-order valence-corrected chi connectivity index (χ2v) is 14.2. The summed E-state index contributed by atoms with van der Waals surface area (Å²) in [6.45, 7) is 1.51. The van der Waals surface area contributed by atoms with E-state index < -0.39 is 17.5 Å². The second-order valence-electron chi connectivity index (χ2n) is 5.79. The molecule has 3 nitrogen and oxygen atoms in total. The summed E-state index contributed by atoms with van der Waals surface area (Å²) in [6, 6.07) is 13.4. The molecule has 0 heterocycles. The summed E-state index contributed by atoms with van der Waals surface area (Å²) in [4.78, 5) is 12.2. The molecular formula is C17H18Cl3NO2Si. The van der Waals surface area contributed by atoms with E-state index in [1.54, 1.807) is 24.3 Å². The number of aryl methyl sites for hydroxylation is 1. The van der Waals surface area contributed by atoms with E-state index in [1.165, 1.54) is 6.92 Å². The summed E-state index contributed by atoms with van der Waals surface area (Å²) in [7, 11) is 0. The van der Waals surface area contributed by atoms with Crippen LogP contribution in [-0.2, 0) is 11.2 Å². The molecule has 1 amide bonds. The van der Waals surface area contributed by atoms with E-state index in [0.29, 0.717) is 17.3 Å². The van der Waals surface area contributed by atoms with Crippen molar-refractivity contribution < 1.29 is 9.90 Å². The Morgan fingerprint density at radius 1 is 1.08 bits per heavy atom. The van der Waals surface area contributed by atoms with Crippen LogP contribution in [0.4, 0.5) is 5.69 Å². The average molecular weight is 403 g/mol. The fourth-order valence-corrected chi connectivity index (χ4v) is 3.83. The molecule has 24 heavy (non-hydrogen) atoms. The van der Waals surface area contributed by atoms with E-state index in [4.69, 9.17) is 33.2 Å². The van der Waals surface area contributed by atoms with Crippen LogP contribution < -0.4 is 10.5 Å². The van der Waals surface area contributed by atoms with Crippen molar-refractivity contribution in [2.24, 2.45) is 0 Å². The monoisotopic (exact) mass is 401 g/mol. The molecule has 0 spiro atoms. The van der Waals surface area contributed by atoms with Crippen LogP contribution >= 0.6 is 33.2 Å². The molecule has 0 saturated carbocycles. The minimum absolute atomic E-state index is 0.288. The summed E-state index contributed by atoms with van der Waals surface area (Å²) < 4.78 is 0. The highest BCUT2D eigenvalue weighted by atomic mass is 35.8. The van der Waals surface area contributed by atoms with Crippen molar-refractivity contribution in [3.8, 4) is 0 Å². The Morgan fingerprint density at radius 2 is 1.67 bits per heavy atom. The molecular weight excluding hydrogens is 385 g/mol. The van der Waals surface area contributed by atoms with E-state index in [9.17, 15) is 9.90 Å². The minimum atomic E-state index is -2.87. The maximum atomic E-state index is 12.2. The molecule has 0 radical (unpaired) electrons. The molecule has 0 saturated heterocycles. The van der Waals surface area contributed by atoms with Gasteiger partial charge in [-0.3, -0.25) is 4.79 Å². The zero-order chi connectivity index (χ0) is 17.8. The van der Waals surface area contributed by atoms with E-state index in [0.717, 1.165) is 5.56 Å². The number of amides is 1. The molecule has 0 unspecified atom stereocenters. The molecule has 0 aliphatic carbocycles. The first kappa shape index (κ1) is 19.3. The van der Waals surface area contributed by atoms with E-state index in [-0.39, 0.29) is 6.42 Å². The normalized spacial score (nSPS) is 14.0. The van der Waals surface area contributed by atoms with Crippen LogP contribution in [0.15, 0.2) is 54.6 Å². The van der Waals surface area contributed by atoms with Gasteiger partial charge in [-0.05, 0) is 42.6 Å². The Bertz CT molecular complexity index is 685. The lowest BCUT2D eigenvalue weighted by molar-refractivity contribution is -0.132. The van der Waals surface area contributed by atoms with Crippen LogP contribution in [-0.4, -0.2) is 22.6 Å². The number of rotatable bonds is 6. The van der Waals surface area contributed by atoms with Gasteiger partial charge in [0.25, 0.3) is 5.91 Å².